The summed E-state index contributed by atoms with van der Waals surface area (Å²) in [6, 6.07) is 7.90. The van der Waals surface area contributed by atoms with Gasteiger partial charge in [0.2, 0.25) is 0 Å². The van der Waals surface area contributed by atoms with Crippen LogP contribution >= 0.6 is 0 Å². The molecule has 0 bridgehead atoms. The van der Waals surface area contributed by atoms with Gasteiger partial charge in [-0.1, -0.05) is 38.1 Å². The number of hydrogen-bond acceptors (Lipinski definition) is 3. The highest BCUT2D eigenvalue weighted by Gasteiger charge is 2.22. The minimum absolute atomic E-state index is 0.200. The number of aryl methyl sites for hydroxylation is 1. The lowest BCUT2D eigenvalue weighted by Crippen LogP contribution is -2.41. The van der Waals surface area contributed by atoms with Crippen LogP contribution in [0.15, 0.2) is 24.3 Å². The maximum Gasteiger partial charge on any atom is 0.323 e. The molecule has 0 saturated carbocycles. The second-order valence-electron chi connectivity index (χ2n) is 4.55. The molecule has 1 aromatic rings. The Bertz CT molecular complexity index is 374. The van der Waals surface area contributed by atoms with Crippen molar-refractivity contribution < 1.29 is 9.53 Å². The van der Waals surface area contributed by atoms with Crippen molar-refractivity contribution >= 4 is 5.97 Å². The Morgan fingerprint density at radius 2 is 2.00 bits per heavy atom. The standard InChI is InChI=1S/C14H21NO2/c1-10(2)13(14(16)17-4)15-9-12-8-6-5-7-11(12)3/h5-8,10,13,15H,9H2,1-4H3/t13-/m0/s1. The minimum atomic E-state index is -0.250. The van der Waals surface area contributed by atoms with E-state index in [4.69, 9.17) is 4.74 Å². The van der Waals surface area contributed by atoms with E-state index < -0.39 is 0 Å². The third kappa shape index (κ3) is 3.86. The molecule has 0 unspecified atom stereocenters. The molecule has 0 aliphatic carbocycles. The maximum absolute atomic E-state index is 11.6. The van der Waals surface area contributed by atoms with E-state index in [1.165, 1.54) is 18.2 Å². The monoisotopic (exact) mass is 235 g/mol. The molecule has 1 aromatic carbocycles. The van der Waals surface area contributed by atoms with Gasteiger partial charge in [-0.05, 0) is 24.0 Å². The Kier molecular flexibility index (Phi) is 5.16. The third-order valence-electron chi connectivity index (χ3n) is 2.90. The van der Waals surface area contributed by atoms with Gasteiger partial charge in [-0.15, -0.1) is 0 Å². The molecule has 0 spiro atoms. The molecule has 0 aliphatic heterocycles. The van der Waals surface area contributed by atoms with E-state index in [1.807, 2.05) is 26.0 Å². The second-order valence-corrected chi connectivity index (χ2v) is 4.55. The van der Waals surface area contributed by atoms with Crippen LogP contribution in [-0.4, -0.2) is 19.1 Å². The fourth-order valence-electron chi connectivity index (χ4n) is 1.75. The van der Waals surface area contributed by atoms with E-state index in [-0.39, 0.29) is 17.9 Å². The van der Waals surface area contributed by atoms with Crippen LogP contribution in [0.5, 0.6) is 0 Å². The van der Waals surface area contributed by atoms with Gasteiger partial charge >= 0.3 is 5.97 Å². The maximum atomic E-state index is 11.6. The first kappa shape index (κ1) is 13.7. The molecule has 1 rings (SSSR count). The number of nitrogens with one attached hydrogen (secondary N) is 1. The predicted molar refractivity (Wildman–Crippen MR) is 68.7 cm³/mol. The van der Waals surface area contributed by atoms with E-state index >= 15 is 0 Å². The summed E-state index contributed by atoms with van der Waals surface area (Å²) in [5.41, 5.74) is 2.44. The smallest absolute Gasteiger partial charge is 0.323 e. The van der Waals surface area contributed by atoms with Crippen LogP contribution in [0.4, 0.5) is 0 Å². The second kappa shape index (κ2) is 6.40. The minimum Gasteiger partial charge on any atom is -0.468 e. The van der Waals surface area contributed by atoms with Gasteiger partial charge in [-0.2, -0.15) is 0 Å². The Morgan fingerprint density at radius 1 is 1.35 bits per heavy atom. The van der Waals surface area contributed by atoms with Crippen LogP contribution in [0.1, 0.15) is 25.0 Å². The first-order valence-electron chi connectivity index (χ1n) is 5.92. The number of carbonyl (C=O) groups excluding carboxylic acids is 1. The SMILES string of the molecule is COC(=O)[C@@H](NCc1ccccc1C)C(C)C. The fourth-order valence-corrected chi connectivity index (χ4v) is 1.75. The number of ether oxygens (including phenoxy) is 1. The average Bonchev–Trinajstić information content (AvgIpc) is 2.30. The van der Waals surface area contributed by atoms with E-state index in [0.717, 1.165) is 0 Å². The number of rotatable bonds is 5. The summed E-state index contributed by atoms with van der Waals surface area (Å²) in [6.45, 7) is 6.77. The summed E-state index contributed by atoms with van der Waals surface area (Å²) in [6.07, 6.45) is 0. The Balaban J connectivity index is 2.64. The molecular formula is C14H21NO2. The van der Waals surface area contributed by atoms with Crippen molar-refractivity contribution in [2.45, 2.75) is 33.4 Å². The van der Waals surface area contributed by atoms with Crippen molar-refractivity contribution in [3.05, 3.63) is 35.4 Å². The van der Waals surface area contributed by atoms with Crippen LogP contribution in [0.3, 0.4) is 0 Å². The Hall–Kier alpha value is -1.35. The van der Waals surface area contributed by atoms with Gasteiger partial charge in [-0.3, -0.25) is 4.79 Å². The molecule has 0 aliphatic rings. The first-order chi connectivity index (χ1) is 8.06. The van der Waals surface area contributed by atoms with Crippen LogP contribution in [0, 0.1) is 12.8 Å². The molecule has 0 fully saturated rings. The van der Waals surface area contributed by atoms with Crippen molar-refractivity contribution in [1.82, 2.24) is 5.32 Å². The Morgan fingerprint density at radius 3 is 2.53 bits per heavy atom. The molecular weight excluding hydrogens is 214 g/mol. The van der Waals surface area contributed by atoms with Crippen LogP contribution in [0.2, 0.25) is 0 Å². The summed E-state index contributed by atoms with van der Waals surface area (Å²) in [5.74, 6) is 0.0139. The number of benzene rings is 1. The molecule has 3 nitrogen and oxygen atoms in total. The Labute approximate surface area is 103 Å². The van der Waals surface area contributed by atoms with Crippen molar-refractivity contribution in [1.29, 1.82) is 0 Å². The lowest BCUT2D eigenvalue weighted by molar-refractivity contribution is -0.144. The van der Waals surface area contributed by atoms with Gasteiger partial charge in [0.15, 0.2) is 0 Å². The summed E-state index contributed by atoms with van der Waals surface area (Å²) in [4.78, 5) is 11.6. The van der Waals surface area contributed by atoms with Gasteiger partial charge in [0.1, 0.15) is 6.04 Å². The summed E-state index contributed by atoms with van der Waals surface area (Å²) >= 11 is 0. The first-order valence-corrected chi connectivity index (χ1v) is 5.92. The largest absolute Gasteiger partial charge is 0.468 e. The quantitative estimate of drug-likeness (QED) is 0.796. The van der Waals surface area contributed by atoms with Gasteiger partial charge in [0.05, 0.1) is 7.11 Å². The highest BCUT2D eigenvalue weighted by atomic mass is 16.5. The number of esters is 1. The molecule has 0 aromatic heterocycles. The average molecular weight is 235 g/mol. The summed E-state index contributed by atoms with van der Waals surface area (Å²) in [5, 5.41) is 3.25. The van der Waals surface area contributed by atoms with Gasteiger partial charge < -0.3 is 10.1 Å². The van der Waals surface area contributed by atoms with E-state index in [1.54, 1.807) is 0 Å². The molecule has 0 amide bonds. The zero-order valence-electron chi connectivity index (χ0n) is 11.0. The molecule has 0 heterocycles. The highest BCUT2D eigenvalue weighted by Crippen LogP contribution is 2.09. The molecule has 17 heavy (non-hydrogen) atoms. The van der Waals surface area contributed by atoms with Crippen LogP contribution in [-0.2, 0) is 16.1 Å². The summed E-state index contributed by atoms with van der Waals surface area (Å²) in [7, 11) is 1.42. The van der Waals surface area contributed by atoms with Crippen molar-refractivity contribution in [2.75, 3.05) is 7.11 Å². The van der Waals surface area contributed by atoms with Crippen LogP contribution in [0.25, 0.3) is 0 Å². The lowest BCUT2D eigenvalue weighted by atomic mass is 10.0. The molecule has 0 radical (unpaired) electrons. The van der Waals surface area contributed by atoms with Gasteiger partial charge in [0, 0.05) is 6.54 Å². The fraction of sp³-hybridized carbons (Fsp3) is 0.500. The number of methoxy groups -OCH3 is 1. The van der Waals surface area contributed by atoms with Gasteiger partial charge in [0.25, 0.3) is 0 Å². The normalized spacial score (nSPS) is 12.5. The topological polar surface area (TPSA) is 38.3 Å². The van der Waals surface area contributed by atoms with Crippen molar-refractivity contribution in [2.24, 2.45) is 5.92 Å². The molecule has 94 valence electrons. The number of carbonyl (C=O) groups is 1. The zero-order valence-corrected chi connectivity index (χ0v) is 11.0. The summed E-state index contributed by atoms with van der Waals surface area (Å²) < 4.78 is 4.79. The highest BCUT2D eigenvalue weighted by molar-refractivity contribution is 5.75. The third-order valence-corrected chi connectivity index (χ3v) is 2.90. The molecule has 1 atom stereocenters. The number of hydrogen-bond donors (Lipinski definition) is 1. The molecule has 3 heteroatoms. The van der Waals surface area contributed by atoms with E-state index in [0.29, 0.717) is 6.54 Å². The van der Waals surface area contributed by atoms with Crippen molar-refractivity contribution in [3.8, 4) is 0 Å². The molecule has 1 N–H and O–H groups in total. The predicted octanol–water partition coefficient (Wildman–Crippen LogP) is 2.28. The molecule has 0 saturated heterocycles. The van der Waals surface area contributed by atoms with Crippen LogP contribution < -0.4 is 5.32 Å². The van der Waals surface area contributed by atoms with Crippen molar-refractivity contribution in [3.63, 3.8) is 0 Å². The van der Waals surface area contributed by atoms with Gasteiger partial charge in [-0.25, -0.2) is 0 Å². The van der Waals surface area contributed by atoms with E-state index in [2.05, 4.69) is 24.4 Å². The lowest BCUT2D eigenvalue weighted by Gasteiger charge is -2.20. The zero-order chi connectivity index (χ0) is 12.8. The van der Waals surface area contributed by atoms with E-state index in [9.17, 15) is 4.79 Å².